The van der Waals surface area contributed by atoms with Crippen LogP contribution in [0, 0.1) is 6.92 Å². The summed E-state index contributed by atoms with van der Waals surface area (Å²) in [5, 5.41) is 1.32. The third-order valence-electron chi connectivity index (χ3n) is 3.08. The molecule has 0 saturated heterocycles. The van der Waals surface area contributed by atoms with E-state index >= 15 is 0 Å². The van der Waals surface area contributed by atoms with Crippen LogP contribution in [-0.4, -0.2) is 4.98 Å². The SMILES string of the molecule is Cc1cc(=O)oc2cc(OCc3cccc(Cl)n3)ccc12. The molecule has 0 N–H and O–H groups in total. The monoisotopic (exact) mass is 301 g/mol. The van der Waals surface area contributed by atoms with E-state index in [4.69, 9.17) is 20.8 Å². The van der Waals surface area contributed by atoms with Gasteiger partial charge in [0.15, 0.2) is 0 Å². The first kappa shape index (κ1) is 13.6. The molecule has 1 aromatic carbocycles. The zero-order chi connectivity index (χ0) is 14.8. The quantitative estimate of drug-likeness (QED) is 0.546. The molecular weight excluding hydrogens is 290 g/mol. The minimum atomic E-state index is -0.367. The molecule has 0 fully saturated rings. The number of pyridine rings is 1. The fraction of sp³-hybridized carbons (Fsp3) is 0.125. The van der Waals surface area contributed by atoms with Crippen molar-refractivity contribution in [3.8, 4) is 5.75 Å². The molecule has 2 aromatic heterocycles. The molecule has 2 heterocycles. The lowest BCUT2D eigenvalue weighted by Gasteiger charge is -2.07. The third kappa shape index (κ3) is 3.06. The molecule has 3 aromatic rings. The van der Waals surface area contributed by atoms with Crippen molar-refractivity contribution in [1.29, 1.82) is 0 Å². The van der Waals surface area contributed by atoms with Gasteiger partial charge in [-0.2, -0.15) is 0 Å². The van der Waals surface area contributed by atoms with Gasteiger partial charge in [0.25, 0.3) is 0 Å². The predicted molar refractivity (Wildman–Crippen MR) is 80.8 cm³/mol. The van der Waals surface area contributed by atoms with Crippen LogP contribution in [0.1, 0.15) is 11.3 Å². The fourth-order valence-corrected chi connectivity index (χ4v) is 2.26. The molecule has 0 atom stereocenters. The van der Waals surface area contributed by atoms with Crippen molar-refractivity contribution in [3.05, 3.63) is 69.3 Å². The number of hydrogen-bond acceptors (Lipinski definition) is 4. The molecule has 0 radical (unpaired) electrons. The summed E-state index contributed by atoms with van der Waals surface area (Å²) < 4.78 is 10.8. The molecule has 0 saturated carbocycles. The molecule has 0 aliphatic rings. The van der Waals surface area contributed by atoms with E-state index in [1.165, 1.54) is 6.07 Å². The van der Waals surface area contributed by atoms with Crippen molar-refractivity contribution in [2.45, 2.75) is 13.5 Å². The van der Waals surface area contributed by atoms with E-state index in [1.807, 2.05) is 31.2 Å². The lowest BCUT2D eigenvalue weighted by Crippen LogP contribution is -2.00. The molecule has 0 amide bonds. The normalized spacial score (nSPS) is 10.8. The Labute approximate surface area is 126 Å². The number of halogens is 1. The molecule has 21 heavy (non-hydrogen) atoms. The first-order chi connectivity index (χ1) is 10.1. The lowest BCUT2D eigenvalue weighted by atomic mass is 10.1. The van der Waals surface area contributed by atoms with Crippen molar-refractivity contribution >= 4 is 22.6 Å². The maximum Gasteiger partial charge on any atom is 0.336 e. The maximum absolute atomic E-state index is 11.4. The van der Waals surface area contributed by atoms with Crippen molar-refractivity contribution in [2.24, 2.45) is 0 Å². The van der Waals surface area contributed by atoms with Crippen molar-refractivity contribution < 1.29 is 9.15 Å². The Morgan fingerprint density at radius 1 is 1.24 bits per heavy atom. The highest BCUT2D eigenvalue weighted by atomic mass is 35.5. The van der Waals surface area contributed by atoms with E-state index in [0.29, 0.717) is 23.1 Å². The molecule has 0 aliphatic carbocycles. The van der Waals surface area contributed by atoms with Crippen LogP contribution >= 0.6 is 11.6 Å². The second kappa shape index (κ2) is 5.58. The minimum absolute atomic E-state index is 0.294. The van der Waals surface area contributed by atoms with Gasteiger partial charge >= 0.3 is 5.63 Å². The second-order valence-corrected chi connectivity index (χ2v) is 5.03. The highest BCUT2D eigenvalue weighted by Gasteiger charge is 2.05. The van der Waals surface area contributed by atoms with E-state index in [0.717, 1.165) is 16.6 Å². The summed E-state index contributed by atoms with van der Waals surface area (Å²) in [4.78, 5) is 15.5. The standard InChI is InChI=1S/C16H12ClNO3/c1-10-7-16(19)21-14-8-12(5-6-13(10)14)20-9-11-3-2-4-15(17)18-11/h2-8H,9H2,1H3. The Bertz CT molecular complexity index is 858. The second-order valence-electron chi connectivity index (χ2n) is 4.65. The van der Waals surface area contributed by atoms with Gasteiger partial charge in [-0.15, -0.1) is 0 Å². The largest absolute Gasteiger partial charge is 0.487 e. The van der Waals surface area contributed by atoms with Gasteiger partial charge in [0.2, 0.25) is 0 Å². The highest BCUT2D eigenvalue weighted by Crippen LogP contribution is 2.22. The highest BCUT2D eigenvalue weighted by molar-refractivity contribution is 6.29. The first-order valence-corrected chi connectivity index (χ1v) is 6.78. The van der Waals surface area contributed by atoms with E-state index in [2.05, 4.69) is 4.98 Å². The Morgan fingerprint density at radius 3 is 2.90 bits per heavy atom. The number of benzene rings is 1. The number of aryl methyl sites for hydroxylation is 1. The van der Waals surface area contributed by atoms with Crippen molar-refractivity contribution in [1.82, 2.24) is 4.98 Å². The molecule has 0 spiro atoms. The van der Waals surface area contributed by atoms with Gasteiger partial charge in [-0.1, -0.05) is 17.7 Å². The van der Waals surface area contributed by atoms with Crippen LogP contribution in [0.2, 0.25) is 5.15 Å². The average Bonchev–Trinajstić information content (AvgIpc) is 2.44. The van der Waals surface area contributed by atoms with Crippen LogP contribution in [0.5, 0.6) is 5.75 Å². The summed E-state index contributed by atoms with van der Waals surface area (Å²) in [5.41, 5.74) is 1.75. The van der Waals surface area contributed by atoms with Crippen LogP contribution in [-0.2, 0) is 6.61 Å². The topological polar surface area (TPSA) is 52.3 Å². The molecule has 0 aliphatic heterocycles. The van der Waals surface area contributed by atoms with Crippen LogP contribution < -0.4 is 10.4 Å². The zero-order valence-corrected chi connectivity index (χ0v) is 12.1. The molecule has 3 rings (SSSR count). The number of nitrogens with zero attached hydrogens (tertiary/aromatic N) is 1. The van der Waals surface area contributed by atoms with Crippen LogP contribution in [0.25, 0.3) is 11.0 Å². The smallest absolute Gasteiger partial charge is 0.336 e. The predicted octanol–water partition coefficient (Wildman–Crippen LogP) is 3.73. The van der Waals surface area contributed by atoms with E-state index in [9.17, 15) is 4.79 Å². The summed E-state index contributed by atoms with van der Waals surface area (Å²) in [6.45, 7) is 2.16. The van der Waals surface area contributed by atoms with Gasteiger partial charge in [-0.05, 0) is 36.8 Å². The summed E-state index contributed by atoms with van der Waals surface area (Å²) in [5.74, 6) is 0.609. The summed E-state index contributed by atoms with van der Waals surface area (Å²) >= 11 is 5.82. The van der Waals surface area contributed by atoms with Crippen molar-refractivity contribution in [2.75, 3.05) is 0 Å². The third-order valence-corrected chi connectivity index (χ3v) is 3.29. The Kier molecular flexibility index (Phi) is 3.62. The number of ether oxygens (including phenoxy) is 1. The molecule has 5 heteroatoms. The number of aromatic nitrogens is 1. The fourth-order valence-electron chi connectivity index (χ4n) is 2.08. The van der Waals surface area contributed by atoms with Gasteiger partial charge in [-0.25, -0.2) is 9.78 Å². The molecule has 4 nitrogen and oxygen atoms in total. The maximum atomic E-state index is 11.4. The number of fused-ring (bicyclic) bond motifs is 1. The molecule has 0 bridgehead atoms. The van der Waals surface area contributed by atoms with Gasteiger partial charge in [0, 0.05) is 17.5 Å². The van der Waals surface area contributed by atoms with Crippen LogP contribution in [0.3, 0.4) is 0 Å². The summed E-state index contributed by atoms with van der Waals surface area (Å²) in [6.07, 6.45) is 0. The molecular formula is C16H12ClNO3. The number of rotatable bonds is 3. The van der Waals surface area contributed by atoms with E-state index in [-0.39, 0.29) is 5.63 Å². The van der Waals surface area contributed by atoms with Crippen LogP contribution in [0.15, 0.2) is 51.7 Å². The van der Waals surface area contributed by atoms with Crippen molar-refractivity contribution in [3.63, 3.8) is 0 Å². The lowest BCUT2D eigenvalue weighted by molar-refractivity contribution is 0.301. The van der Waals surface area contributed by atoms with Gasteiger partial charge in [0.05, 0.1) is 5.69 Å². The van der Waals surface area contributed by atoms with E-state index in [1.54, 1.807) is 12.1 Å². The van der Waals surface area contributed by atoms with Gasteiger partial charge in [0.1, 0.15) is 23.1 Å². The van der Waals surface area contributed by atoms with Gasteiger partial charge in [-0.3, -0.25) is 0 Å². The zero-order valence-electron chi connectivity index (χ0n) is 11.3. The molecule has 106 valence electrons. The van der Waals surface area contributed by atoms with Crippen LogP contribution in [0.4, 0.5) is 0 Å². The van der Waals surface area contributed by atoms with E-state index < -0.39 is 0 Å². The first-order valence-electron chi connectivity index (χ1n) is 6.40. The Balaban J connectivity index is 1.86. The number of hydrogen-bond donors (Lipinski definition) is 0. The average molecular weight is 302 g/mol. The Hall–Kier alpha value is -2.33. The molecule has 0 unspecified atom stereocenters. The summed E-state index contributed by atoms with van der Waals surface area (Å²) in [6, 6.07) is 12.2. The summed E-state index contributed by atoms with van der Waals surface area (Å²) in [7, 11) is 0. The van der Waals surface area contributed by atoms with Gasteiger partial charge < -0.3 is 9.15 Å². The minimum Gasteiger partial charge on any atom is -0.487 e. The Morgan fingerprint density at radius 2 is 2.10 bits per heavy atom.